The highest BCUT2D eigenvalue weighted by Crippen LogP contribution is 2.27. The average molecular weight is 478 g/mol. The number of hydrogen-bond donors (Lipinski definition) is 0. The highest BCUT2D eigenvalue weighted by Gasteiger charge is 2.35. The second-order valence-corrected chi connectivity index (χ2v) is 10.5. The van der Waals surface area contributed by atoms with Crippen molar-refractivity contribution < 1.29 is 13.2 Å². The summed E-state index contributed by atoms with van der Waals surface area (Å²) in [5.41, 5.74) is 1.81. The molecule has 0 spiro atoms. The third-order valence-electron chi connectivity index (χ3n) is 6.60. The molecule has 176 valence electrons. The van der Waals surface area contributed by atoms with Gasteiger partial charge in [0.1, 0.15) is 6.07 Å². The van der Waals surface area contributed by atoms with Crippen molar-refractivity contribution in [2.24, 2.45) is 5.92 Å². The van der Waals surface area contributed by atoms with Crippen molar-refractivity contribution in [2.75, 3.05) is 44.2 Å². The van der Waals surface area contributed by atoms with Gasteiger partial charge in [-0.2, -0.15) is 14.8 Å². The van der Waals surface area contributed by atoms with Gasteiger partial charge in [-0.15, -0.1) is 0 Å². The first-order chi connectivity index (χ1) is 16.4. The van der Waals surface area contributed by atoms with Crippen LogP contribution in [0.25, 0.3) is 0 Å². The number of anilines is 1. The third-order valence-corrected chi connectivity index (χ3v) is 8.55. The number of amides is 1. The molecule has 0 aliphatic carbocycles. The number of nitrogens with zero attached hydrogens (tertiary/aromatic N) is 5. The number of benzene rings is 2. The molecule has 4 rings (SSSR count). The smallest absolute Gasteiger partial charge is 0.244 e. The molecule has 0 aromatic heterocycles. The van der Waals surface area contributed by atoms with Crippen molar-refractivity contribution in [3.63, 3.8) is 0 Å². The molecule has 0 atom stereocenters. The fraction of sp³-hybridized carbons (Fsp3) is 0.400. The van der Waals surface area contributed by atoms with Crippen molar-refractivity contribution in [2.45, 2.75) is 24.2 Å². The summed E-state index contributed by atoms with van der Waals surface area (Å²) in [4.78, 5) is 17.4. The monoisotopic (exact) mass is 477 g/mol. The van der Waals surface area contributed by atoms with Gasteiger partial charge in [-0.25, -0.2) is 8.42 Å². The fourth-order valence-electron chi connectivity index (χ4n) is 4.67. The van der Waals surface area contributed by atoms with E-state index >= 15 is 0 Å². The van der Waals surface area contributed by atoms with Crippen molar-refractivity contribution in [1.29, 1.82) is 10.5 Å². The number of hydrogen-bond acceptors (Lipinski definition) is 6. The van der Waals surface area contributed by atoms with Gasteiger partial charge in [0.2, 0.25) is 15.9 Å². The van der Waals surface area contributed by atoms with E-state index < -0.39 is 10.0 Å². The molecule has 0 unspecified atom stereocenters. The number of carbonyl (C=O) groups is 1. The lowest BCUT2D eigenvalue weighted by Gasteiger charge is -2.33. The van der Waals surface area contributed by atoms with Gasteiger partial charge in [0.05, 0.1) is 22.1 Å². The molecule has 1 amide bonds. The molecule has 0 bridgehead atoms. The van der Waals surface area contributed by atoms with Gasteiger partial charge in [-0.1, -0.05) is 12.1 Å². The van der Waals surface area contributed by atoms with Crippen molar-refractivity contribution in [1.82, 2.24) is 9.21 Å². The van der Waals surface area contributed by atoms with Crippen LogP contribution in [0.5, 0.6) is 0 Å². The zero-order valence-corrected chi connectivity index (χ0v) is 19.7. The molecule has 9 heteroatoms. The molecular formula is C25H27N5O3S. The summed E-state index contributed by atoms with van der Waals surface area (Å²) < 4.78 is 27.5. The first kappa shape index (κ1) is 23.7. The van der Waals surface area contributed by atoms with Gasteiger partial charge < -0.3 is 9.80 Å². The number of piperidine rings is 1. The molecule has 8 nitrogen and oxygen atoms in total. The molecule has 0 N–H and O–H groups in total. The van der Waals surface area contributed by atoms with Gasteiger partial charge in [-0.05, 0) is 55.7 Å². The average Bonchev–Trinajstić information content (AvgIpc) is 3.15. The fourth-order valence-corrected chi connectivity index (χ4v) is 6.28. The van der Waals surface area contributed by atoms with Gasteiger partial charge in [-0.3, -0.25) is 4.79 Å². The summed E-state index contributed by atoms with van der Waals surface area (Å²) in [5.74, 6) is -0.102. The summed E-state index contributed by atoms with van der Waals surface area (Å²) in [6.07, 6.45) is 1.80. The summed E-state index contributed by atoms with van der Waals surface area (Å²) >= 11 is 0. The van der Waals surface area contributed by atoms with Crippen LogP contribution in [0, 0.1) is 28.6 Å². The number of rotatable bonds is 4. The molecule has 0 radical (unpaired) electrons. The zero-order chi connectivity index (χ0) is 24.1. The first-order valence-corrected chi connectivity index (χ1v) is 12.9. The van der Waals surface area contributed by atoms with E-state index in [1.807, 2.05) is 23.1 Å². The lowest BCUT2D eigenvalue weighted by molar-refractivity contribution is -0.136. The summed E-state index contributed by atoms with van der Waals surface area (Å²) in [6.45, 7) is 3.39. The Morgan fingerprint density at radius 3 is 2.24 bits per heavy atom. The van der Waals surface area contributed by atoms with Crippen LogP contribution in [0.4, 0.5) is 5.69 Å². The van der Waals surface area contributed by atoms with Crippen LogP contribution in [-0.2, 0) is 14.8 Å². The van der Waals surface area contributed by atoms with E-state index in [0.717, 1.165) is 25.2 Å². The number of carbonyl (C=O) groups excluding carboxylic acids is 1. The lowest BCUT2D eigenvalue weighted by atomic mass is 9.96. The Kier molecular flexibility index (Phi) is 7.16. The van der Waals surface area contributed by atoms with Crippen molar-refractivity contribution >= 4 is 21.6 Å². The van der Waals surface area contributed by atoms with Crippen LogP contribution in [0.15, 0.2) is 53.4 Å². The minimum atomic E-state index is -3.77. The normalized spacial score (nSPS) is 18.1. The van der Waals surface area contributed by atoms with Gasteiger partial charge in [0.15, 0.2) is 0 Å². The highest BCUT2D eigenvalue weighted by atomic mass is 32.2. The summed E-state index contributed by atoms with van der Waals surface area (Å²) in [7, 11) is -3.77. The SMILES string of the molecule is N#Cc1ccc(N2CCCN(C(=O)C3CCN(S(=O)(=O)c4ccccc4C#N)CC3)CC2)cc1. The molecule has 34 heavy (non-hydrogen) atoms. The predicted molar refractivity (Wildman–Crippen MR) is 127 cm³/mol. The zero-order valence-electron chi connectivity index (χ0n) is 18.9. The Balaban J connectivity index is 1.35. The van der Waals surface area contributed by atoms with Crippen LogP contribution in [0.3, 0.4) is 0 Å². The van der Waals surface area contributed by atoms with Gasteiger partial charge >= 0.3 is 0 Å². The third kappa shape index (κ3) is 4.91. The Bertz CT molecular complexity index is 1220. The predicted octanol–water partition coefficient (Wildman–Crippen LogP) is 2.57. The van der Waals surface area contributed by atoms with Crippen molar-refractivity contribution in [3.05, 3.63) is 59.7 Å². The van der Waals surface area contributed by atoms with E-state index in [2.05, 4.69) is 11.0 Å². The molecular weight excluding hydrogens is 450 g/mol. The molecule has 2 aromatic rings. The van der Waals surface area contributed by atoms with E-state index in [4.69, 9.17) is 5.26 Å². The standard InChI is InChI=1S/C25H27N5O3S/c26-18-20-6-8-23(9-7-20)28-12-3-13-29(17-16-28)25(31)21-10-14-30(15-11-21)34(32,33)24-5-2-1-4-22(24)19-27/h1-2,4-9,21H,3,10-17H2. The summed E-state index contributed by atoms with van der Waals surface area (Å²) in [5, 5.41) is 18.3. The van der Waals surface area contributed by atoms with Crippen LogP contribution in [0.2, 0.25) is 0 Å². The lowest BCUT2D eigenvalue weighted by Crippen LogP contribution is -2.45. The number of nitriles is 2. The largest absolute Gasteiger partial charge is 0.370 e. The Morgan fingerprint density at radius 2 is 1.56 bits per heavy atom. The van der Waals surface area contributed by atoms with E-state index in [9.17, 15) is 18.5 Å². The topological polar surface area (TPSA) is 109 Å². The van der Waals surface area contributed by atoms with Crippen LogP contribution in [0.1, 0.15) is 30.4 Å². The minimum absolute atomic E-state index is 0.0256. The van der Waals surface area contributed by atoms with Crippen LogP contribution >= 0.6 is 0 Å². The molecule has 2 aromatic carbocycles. The molecule has 2 saturated heterocycles. The summed E-state index contributed by atoms with van der Waals surface area (Å²) in [6, 6.07) is 17.8. The molecule has 0 saturated carbocycles. The Labute approximate surface area is 200 Å². The Hall–Kier alpha value is -3.40. The van der Waals surface area contributed by atoms with Crippen LogP contribution in [-0.4, -0.2) is 62.8 Å². The minimum Gasteiger partial charge on any atom is -0.370 e. The molecule has 2 fully saturated rings. The molecule has 2 heterocycles. The highest BCUT2D eigenvalue weighted by molar-refractivity contribution is 7.89. The van der Waals surface area contributed by atoms with Gasteiger partial charge in [0.25, 0.3) is 0 Å². The maximum absolute atomic E-state index is 13.2. The number of sulfonamides is 1. The van der Waals surface area contributed by atoms with Crippen LogP contribution < -0.4 is 4.90 Å². The maximum Gasteiger partial charge on any atom is 0.244 e. The maximum atomic E-state index is 13.2. The second-order valence-electron chi connectivity index (χ2n) is 8.61. The van der Waals surface area contributed by atoms with E-state index in [-0.39, 0.29) is 35.4 Å². The quantitative estimate of drug-likeness (QED) is 0.670. The van der Waals surface area contributed by atoms with Gasteiger partial charge in [0, 0.05) is 50.9 Å². The first-order valence-electron chi connectivity index (χ1n) is 11.5. The Morgan fingerprint density at radius 1 is 0.853 bits per heavy atom. The molecule has 2 aliphatic rings. The van der Waals surface area contributed by atoms with E-state index in [0.29, 0.717) is 31.5 Å². The van der Waals surface area contributed by atoms with E-state index in [1.54, 1.807) is 24.3 Å². The second kappa shape index (κ2) is 10.3. The van der Waals surface area contributed by atoms with Crippen molar-refractivity contribution in [3.8, 4) is 12.1 Å². The van der Waals surface area contributed by atoms with E-state index in [1.165, 1.54) is 16.4 Å². The molecule has 2 aliphatic heterocycles.